The molecule has 1 heterocycles. The largest absolute Gasteiger partial charge is 0.573 e. The summed E-state index contributed by atoms with van der Waals surface area (Å²) in [4.78, 5) is 12.3. The van der Waals surface area contributed by atoms with Crippen molar-refractivity contribution in [2.24, 2.45) is 5.92 Å². The highest BCUT2D eigenvalue weighted by Crippen LogP contribution is 2.42. The van der Waals surface area contributed by atoms with Crippen LogP contribution in [0, 0.1) is 5.92 Å². The Bertz CT molecular complexity index is 1250. The lowest BCUT2D eigenvalue weighted by Crippen LogP contribution is -2.27. The van der Waals surface area contributed by atoms with E-state index in [0.29, 0.717) is 29.0 Å². The van der Waals surface area contributed by atoms with Crippen LogP contribution in [0.1, 0.15) is 51.5 Å². The van der Waals surface area contributed by atoms with Crippen LogP contribution in [0.2, 0.25) is 0 Å². The molecule has 8 heteroatoms. The number of carbonyl (C=O) groups is 1. The predicted octanol–water partition coefficient (Wildman–Crippen LogP) is 8.47. The molecule has 3 unspecified atom stereocenters. The van der Waals surface area contributed by atoms with Crippen molar-refractivity contribution in [3.63, 3.8) is 0 Å². The quantitative estimate of drug-likeness (QED) is 0.149. The maximum atomic E-state index is 13.2. The third-order valence-corrected chi connectivity index (χ3v) is 7.86. The number of hydrogen-bond acceptors (Lipinski definition) is 5. The number of unbranched alkanes of at least 4 members (excludes halogenated alkanes) is 2. The van der Waals surface area contributed by atoms with Crippen molar-refractivity contribution in [1.82, 2.24) is 0 Å². The normalized spacial score (nSPS) is 19.6. The molecule has 3 aromatic rings. The van der Waals surface area contributed by atoms with E-state index in [9.17, 15) is 18.0 Å². The summed E-state index contributed by atoms with van der Waals surface area (Å²) in [5, 5.41) is 0.912. The molecular weight excluding hydrogens is 501 g/mol. The molecule has 1 aromatic heterocycles. The van der Waals surface area contributed by atoms with Crippen molar-refractivity contribution < 1.29 is 32.2 Å². The standard InChI is InChI=1S/C29H31F3O4S/c1-4-6-7-8-19-9-12-22(25(15-19)36-29(30,31)32)27-16-20-10-11-21(17-26(20)37-27)34-23-13-14-24(18(23)3)35-28(33)5-2/h5,9-12,15-18,23-24H,2,4,6-8,13-14H2,1,3H3. The molecule has 0 bridgehead atoms. The molecule has 4 nitrogen and oxygen atoms in total. The number of ether oxygens (including phenoxy) is 3. The molecule has 1 aliphatic carbocycles. The Morgan fingerprint density at radius 2 is 1.89 bits per heavy atom. The van der Waals surface area contributed by atoms with E-state index in [1.54, 1.807) is 6.07 Å². The number of hydrogen-bond donors (Lipinski definition) is 0. The van der Waals surface area contributed by atoms with Gasteiger partial charge in [-0.05, 0) is 73.0 Å². The molecule has 2 aromatic carbocycles. The highest BCUT2D eigenvalue weighted by atomic mass is 32.1. The van der Waals surface area contributed by atoms with Crippen LogP contribution < -0.4 is 9.47 Å². The van der Waals surface area contributed by atoms with Crippen LogP contribution in [-0.4, -0.2) is 24.5 Å². The maximum Gasteiger partial charge on any atom is 0.573 e. The first kappa shape index (κ1) is 27.0. The van der Waals surface area contributed by atoms with Gasteiger partial charge in [0.25, 0.3) is 0 Å². The molecule has 0 spiro atoms. The van der Waals surface area contributed by atoms with Crippen LogP contribution in [0.5, 0.6) is 11.5 Å². The minimum absolute atomic E-state index is 0.0245. The monoisotopic (exact) mass is 532 g/mol. The topological polar surface area (TPSA) is 44.8 Å². The van der Waals surface area contributed by atoms with Crippen molar-refractivity contribution in [3.8, 4) is 21.9 Å². The third kappa shape index (κ3) is 6.86. The fraction of sp³-hybridized carbons (Fsp3) is 0.414. The molecular formula is C29H31F3O4S. The van der Waals surface area contributed by atoms with Crippen LogP contribution in [0.4, 0.5) is 13.2 Å². The number of fused-ring (bicyclic) bond motifs is 1. The van der Waals surface area contributed by atoms with E-state index in [4.69, 9.17) is 9.47 Å². The van der Waals surface area contributed by atoms with Gasteiger partial charge in [0, 0.05) is 27.1 Å². The molecule has 0 N–H and O–H groups in total. The summed E-state index contributed by atoms with van der Waals surface area (Å²) in [6.07, 6.45) is 1.24. The van der Waals surface area contributed by atoms with Crippen LogP contribution in [-0.2, 0) is 16.0 Å². The van der Waals surface area contributed by atoms with E-state index in [-0.39, 0.29) is 23.9 Å². The first-order valence-electron chi connectivity index (χ1n) is 12.6. The van der Waals surface area contributed by atoms with Gasteiger partial charge >= 0.3 is 12.3 Å². The Morgan fingerprint density at radius 1 is 1.11 bits per heavy atom. The summed E-state index contributed by atoms with van der Waals surface area (Å²) in [6.45, 7) is 7.52. The van der Waals surface area contributed by atoms with Crippen molar-refractivity contribution in [1.29, 1.82) is 0 Å². The first-order chi connectivity index (χ1) is 17.7. The second-order valence-electron chi connectivity index (χ2n) is 9.42. The average Bonchev–Trinajstić information content (AvgIpc) is 3.41. The summed E-state index contributed by atoms with van der Waals surface area (Å²) in [7, 11) is 0. The summed E-state index contributed by atoms with van der Waals surface area (Å²) in [6, 6.07) is 12.7. The minimum Gasteiger partial charge on any atom is -0.490 e. The molecule has 1 fully saturated rings. The Hall–Kier alpha value is -3.00. The maximum absolute atomic E-state index is 13.2. The number of halogens is 3. The van der Waals surface area contributed by atoms with Crippen molar-refractivity contribution in [2.75, 3.05) is 0 Å². The van der Waals surface area contributed by atoms with Gasteiger partial charge in [0.2, 0.25) is 0 Å². The summed E-state index contributed by atoms with van der Waals surface area (Å²) >= 11 is 1.39. The lowest BCUT2D eigenvalue weighted by atomic mass is 10.0. The Morgan fingerprint density at radius 3 is 2.62 bits per heavy atom. The Labute approximate surface area is 219 Å². The lowest BCUT2D eigenvalue weighted by molar-refractivity contribution is -0.274. The van der Waals surface area contributed by atoms with Gasteiger partial charge in [-0.2, -0.15) is 0 Å². The molecule has 0 radical (unpaired) electrons. The zero-order valence-corrected chi connectivity index (χ0v) is 21.8. The van der Waals surface area contributed by atoms with E-state index < -0.39 is 12.3 Å². The molecule has 4 rings (SSSR count). The lowest BCUT2D eigenvalue weighted by Gasteiger charge is -2.21. The van der Waals surface area contributed by atoms with Gasteiger partial charge in [0.05, 0.1) is 0 Å². The first-order valence-corrected chi connectivity index (χ1v) is 13.4. The SMILES string of the molecule is C=CC(=O)OC1CCC(Oc2ccc3cc(-c4ccc(CCCCC)cc4OC(F)(F)F)sc3c2)C1C. The number of alkyl halides is 3. The van der Waals surface area contributed by atoms with Gasteiger partial charge in [-0.1, -0.05) is 39.3 Å². The van der Waals surface area contributed by atoms with Crippen LogP contribution >= 0.6 is 11.3 Å². The molecule has 1 saturated carbocycles. The highest BCUT2D eigenvalue weighted by Gasteiger charge is 2.37. The van der Waals surface area contributed by atoms with Gasteiger partial charge in [-0.15, -0.1) is 24.5 Å². The Kier molecular flexibility index (Phi) is 8.47. The fourth-order valence-electron chi connectivity index (χ4n) is 4.73. The third-order valence-electron chi connectivity index (χ3n) is 6.73. The number of thiophene rings is 1. The molecule has 0 amide bonds. The Balaban J connectivity index is 1.55. The zero-order chi connectivity index (χ0) is 26.6. The van der Waals surface area contributed by atoms with E-state index in [2.05, 4.69) is 18.2 Å². The molecule has 198 valence electrons. The molecule has 0 aliphatic heterocycles. The predicted molar refractivity (Wildman–Crippen MR) is 140 cm³/mol. The van der Waals surface area contributed by atoms with E-state index in [1.165, 1.54) is 17.4 Å². The second kappa shape index (κ2) is 11.6. The van der Waals surface area contributed by atoms with Crippen LogP contribution in [0.3, 0.4) is 0 Å². The number of rotatable bonds is 10. The zero-order valence-electron chi connectivity index (χ0n) is 21.0. The molecule has 1 aliphatic rings. The van der Waals surface area contributed by atoms with Crippen LogP contribution in [0.25, 0.3) is 20.5 Å². The van der Waals surface area contributed by atoms with E-state index >= 15 is 0 Å². The van der Waals surface area contributed by atoms with Gasteiger partial charge < -0.3 is 14.2 Å². The summed E-state index contributed by atoms with van der Waals surface area (Å²) in [5.74, 6) is 0.0835. The number of esters is 1. The van der Waals surface area contributed by atoms with Gasteiger partial charge in [0.1, 0.15) is 23.7 Å². The summed E-state index contributed by atoms with van der Waals surface area (Å²) in [5.41, 5.74) is 1.24. The van der Waals surface area contributed by atoms with Crippen LogP contribution in [0.15, 0.2) is 55.1 Å². The van der Waals surface area contributed by atoms with E-state index in [0.717, 1.165) is 47.4 Å². The number of aryl methyl sites for hydroxylation is 1. The highest BCUT2D eigenvalue weighted by molar-refractivity contribution is 7.22. The summed E-state index contributed by atoms with van der Waals surface area (Å²) < 4.78 is 56.6. The number of benzene rings is 2. The van der Waals surface area contributed by atoms with Gasteiger partial charge in [-0.3, -0.25) is 0 Å². The van der Waals surface area contributed by atoms with Gasteiger partial charge in [-0.25, -0.2) is 4.79 Å². The average molecular weight is 533 g/mol. The number of carbonyl (C=O) groups excluding carboxylic acids is 1. The van der Waals surface area contributed by atoms with Gasteiger partial charge in [0.15, 0.2) is 0 Å². The molecule has 3 atom stereocenters. The van der Waals surface area contributed by atoms with E-state index in [1.807, 2.05) is 37.3 Å². The fourth-order valence-corrected chi connectivity index (χ4v) is 5.85. The molecule has 0 saturated heterocycles. The molecule has 37 heavy (non-hydrogen) atoms. The van der Waals surface area contributed by atoms with Crippen molar-refractivity contribution in [3.05, 3.63) is 60.7 Å². The van der Waals surface area contributed by atoms with Crippen molar-refractivity contribution in [2.45, 2.75) is 70.9 Å². The van der Waals surface area contributed by atoms with Crippen molar-refractivity contribution >= 4 is 27.4 Å². The smallest absolute Gasteiger partial charge is 0.490 e. The second-order valence-corrected chi connectivity index (χ2v) is 10.5. The minimum atomic E-state index is -4.77.